The average Bonchev–Trinajstić information content (AvgIpc) is 3.19. The summed E-state index contributed by atoms with van der Waals surface area (Å²) in [4.78, 5) is 15.0. The molecule has 1 N–H and O–H groups in total. The summed E-state index contributed by atoms with van der Waals surface area (Å²) in [6, 6.07) is 19.5. The minimum absolute atomic E-state index is 0.0591. The van der Waals surface area contributed by atoms with Crippen LogP contribution in [-0.4, -0.2) is 33.6 Å². The lowest BCUT2D eigenvalue weighted by Crippen LogP contribution is -2.31. The largest absolute Gasteiger partial charge is 0.493 e. The number of azo groups is 1. The number of halogens is 2. The van der Waals surface area contributed by atoms with Crippen molar-refractivity contribution in [1.82, 2.24) is 9.47 Å². The second kappa shape index (κ2) is 11.3. The molecule has 0 aliphatic carbocycles. The number of likely N-dealkylation sites (tertiary alicyclic amines) is 1. The molecule has 0 bridgehead atoms. The van der Waals surface area contributed by atoms with Crippen LogP contribution in [-0.2, 0) is 13.3 Å². The number of nitrogens with zero attached hydrogens (tertiary/aromatic N) is 4. The van der Waals surface area contributed by atoms with E-state index in [0.717, 1.165) is 37.0 Å². The molecule has 37 heavy (non-hydrogen) atoms. The average molecular weight is 537 g/mol. The van der Waals surface area contributed by atoms with Crippen molar-refractivity contribution < 1.29 is 14.6 Å². The zero-order chi connectivity index (χ0) is 25.8. The number of amides is 1. The van der Waals surface area contributed by atoms with E-state index in [-0.39, 0.29) is 11.6 Å². The summed E-state index contributed by atoms with van der Waals surface area (Å²) in [5.74, 6) is 0.0254. The van der Waals surface area contributed by atoms with Crippen molar-refractivity contribution >= 4 is 45.7 Å². The Bertz CT molecular complexity index is 1430. The third-order valence-corrected chi connectivity index (χ3v) is 7.00. The fourth-order valence-corrected chi connectivity index (χ4v) is 4.84. The summed E-state index contributed by atoms with van der Waals surface area (Å²) >= 11 is 12.4. The summed E-state index contributed by atoms with van der Waals surface area (Å²) in [6.45, 7) is 2.83. The molecule has 190 valence electrons. The highest BCUT2D eigenvalue weighted by Gasteiger charge is 2.22. The van der Waals surface area contributed by atoms with Crippen LogP contribution >= 0.6 is 23.2 Å². The highest BCUT2D eigenvalue weighted by Crippen LogP contribution is 2.42. The van der Waals surface area contributed by atoms with E-state index in [2.05, 4.69) is 15.1 Å². The normalized spacial score (nSPS) is 14.4. The molecule has 1 fully saturated rings. The number of piperidine rings is 1. The molecular weight excluding hydrogens is 511 g/mol. The van der Waals surface area contributed by atoms with Crippen molar-refractivity contribution in [2.24, 2.45) is 10.2 Å². The molecule has 1 aliphatic heterocycles. The van der Waals surface area contributed by atoms with Crippen LogP contribution in [0.2, 0.25) is 10.0 Å². The second-order valence-electron chi connectivity index (χ2n) is 9.00. The number of aromatic nitrogens is 1. The third kappa shape index (κ3) is 5.80. The predicted molar refractivity (Wildman–Crippen MR) is 145 cm³/mol. The Kier molecular flexibility index (Phi) is 7.74. The molecule has 0 atom stereocenters. The molecule has 0 saturated carbocycles. The van der Waals surface area contributed by atoms with E-state index >= 15 is 0 Å². The molecule has 2 heterocycles. The molecule has 7 nitrogen and oxygen atoms in total. The van der Waals surface area contributed by atoms with E-state index in [9.17, 15) is 9.90 Å². The van der Waals surface area contributed by atoms with Crippen LogP contribution in [0.5, 0.6) is 11.6 Å². The second-order valence-corrected chi connectivity index (χ2v) is 9.84. The minimum atomic E-state index is -0.535. The Hall–Kier alpha value is -3.39. The van der Waals surface area contributed by atoms with Crippen LogP contribution in [0.3, 0.4) is 0 Å². The Morgan fingerprint density at radius 3 is 2.41 bits per heavy atom. The van der Waals surface area contributed by atoms with Crippen LogP contribution in [0.15, 0.2) is 77.0 Å². The molecular formula is C28H26Cl2N4O3. The summed E-state index contributed by atoms with van der Waals surface area (Å²) in [5, 5.41) is 20.8. The molecule has 9 heteroatoms. The van der Waals surface area contributed by atoms with Crippen LogP contribution < -0.4 is 4.74 Å². The summed E-state index contributed by atoms with van der Waals surface area (Å²) in [5.41, 5.74) is 2.27. The van der Waals surface area contributed by atoms with Crippen LogP contribution in [0.4, 0.5) is 5.69 Å². The van der Waals surface area contributed by atoms with E-state index in [0.29, 0.717) is 40.0 Å². The monoisotopic (exact) mass is 536 g/mol. The van der Waals surface area contributed by atoms with Gasteiger partial charge in [-0.05, 0) is 80.0 Å². The zero-order valence-electron chi connectivity index (χ0n) is 20.1. The molecule has 1 aliphatic rings. The standard InChI is InChI=1S/C28H26Cl2N4O3/c29-21-11-7-19(8-12-21)17-37-22-13-9-20(10-14-22)27(35)32-31-26-25-23(30)5-4-6-24(25)34(28(26)36)18-33-15-2-1-3-16-33/h4-14,36H,1-3,15-18H2. The van der Waals surface area contributed by atoms with Crippen LogP contribution in [0.25, 0.3) is 10.9 Å². The first-order valence-corrected chi connectivity index (χ1v) is 12.9. The van der Waals surface area contributed by atoms with Gasteiger partial charge in [0.25, 0.3) is 5.91 Å². The Balaban J connectivity index is 1.32. The van der Waals surface area contributed by atoms with Gasteiger partial charge in [0.15, 0.2) is 5.69 Å². The quantitative estimate of drug-likeness (QED) is 0.246. The lowest BCUT2D eigenvalue weighted by atomic mass is 10.1. The number of benzene rings is 3. The van der Waals surface area contributed by atoms with Gasteiger partial charge in [0.1, 0.15) is 12.4 Å². The maximum atomic E-state index is 12.8. The van der Waals surface area contributed by atoms with Gasteiger partial charge in [-0.25, -0.2) is 0 Å². The van der Waals surface area contributed by atoms with Crippen molar-refractivity contribution in [2.75, 3.05) is 13.1 Å². The van der Waals surface area contributed by atoms with Gasteiger partial charge in [-0.15, -0.1) is 10.2 Å². The number of carbonyl (C=O) groups excluding carboxylic acids is 1. The molecule has 4 aromatic rings. The Morgan fingerprint density at radius 1 is 0.946 bits per heavy atom. The van der Waals surface area contributed by atoms with Gasteiger partial charge < -0.3 is 9.84 Å². The maximum Gasteiger partial charge on any atom is 0.295 e. The number of hydrogen-bond acceptors (Lipinski definition) is 5. The van der Waals surface area contributed by atoms with Gasteiger partial charge in [-0.2, -0.15) is 0 Å². The first-order chi connectivity index (χ1) is 18.0. The first kappa shape index (κ1) is 25.3. The van der Waals surface area contributed by atoms with Crippen LogP contribution in [0.1, 0.15) is 35.2 Å². The van der Waals surface area contributed by atoms with Crippen molar-refractivity contribution in [2.45, 2.75) is 32.5 Å². The van der Waals surface area contributed by atoms with Crippen LogP contribution in [0, 0.1) is 0 Å². The Labute approximate surface area is 224 Å². The van der Waals surface area contributed by atoms with E-state index in [1.54, 1.807) is 34.9 Å². The number of fused-ring (bicyclic) bond motifs is 1. The van der Waals surface area contributed by atoms with Crippen molar-refractivity contribution in [3.05, 3.63) is 87.9 Å². The molecule has 0 spiro atoms. The third-order valence-electron chi connectivity index (χ3n) is 6.44. The molecule has 0 unspecified atom stereocenters. The summed E-state index contributed by atoms with van der Waals surface area (Å²) in [6.07, 6.45) is 3.48. The first-order valence-electron chi connectivity index (χ1n) is 12.1. The fourth-order valence-electron chi connectivity index (χ4n) is 4.46. The smallest absolute Gasteiger partial charge is 0.295 e. The lowest BCUT2D eigenvalue weighted by molar-refractivity contribution is 0.0995. The molecule has 1 saturated heterocycles. The highest BCUT2D eigenvalue weighted by molar-refractivity contribution is 6.36. The topological polar surface area (TPSA) is 79.4 Å². The van der Waals surface area contributed by atoms with Gasteiger partial charge in [0.05, 0.1) is 22.6 Å². The number of carbonyl (C=O) groups is 1. The van der Waals surface area contributed by atoms with Crippen molar-refractivity contribution in [3.8, 4) is 11.6 Å². The maximum absolute atomic E-state index is 12.8. The van der Waals surface area contributed by atoms with Gasteiger partial charge in [-0.3, -0.25) is 14.3 Å². The van der Waals surface area contributed by atoms with E-state index in [4.69, 9.17) is 27.9 Å². The van der Waals surface area contributed by atoms with Gasteiger partial charge in [-0.1, -0.05) is 47.8 Å². The molecule has 1 aromatic heterocycles. The SMILES string of the molecule is O=C(N=Nc1c(O)n(CN2CCCCC2)c2cccc(Cl)c12)c1ccc(OCc2ccc(Cl)cc2)cc1. The van der Waals surface area contributed by atoms with Gasteiger partial charge >= 0.3 is 0 Å². The van der Waals surface area contributed by atoms with Crippen molar-refractivity contribution in [1.29, 1.82) is 0 Å². The van der Waals surface area contributed by atoms with Gasteiger partial charge in [0.2, 0.25) is 5.88 Å². The van der Waals surface area contributed by atoms with Crippen molar-refractivity contribution in [3.63, 3.8) is 0 Å². The van der Waals surface area contributed by atoms with E-state index in [1.807, 2.05) is 36.4 Å². The molecule has 3 aromatic carbocycles. The fraction of sp³-hybridized carbons (Fsp3) is 0.250. The minimum Gasteiger partial charge on any atom is -0.493 e. The number of hydrogen-bond donors (Lipinski definition) is 1. The number of aromatic hydroxyl groups is 1. The lowest BCUT2D eigenvalue weighted by Gasteiger charge is -2.27. The summed E-state index contributed by atoms with van der Waals surface area (Å²) in [7, 11) is 0. The molecule has 1 amide bonds. The van der Waals surface area contributed by atoms with Gasteiger partial charge in [0, 0.05) is 10.6 Å². The number of ether oxygens (including phenoxy) is 1. The van der Waals surface area contributed by atoms with E-state index < -0.39 is 5.91 Å². The zero-order valence-corrected chi connectivity index (χ0v) is 21.6. The molecule has 5 rings (SSSR count). The summed E-state index contributed by atoms with van der Waals surface area (Å²) < 4.78 is 7.55. The van der Waals surface area contributed by atoms with E-state index in [1.165, 1.54) is 6.42 Å². The number of rotatable bonds is 7. The predicted octanol–water partition coefficient (Wildman–Crippen LogP) is 7.60. The Morgan fingerprint density at radius 2 is 1.68 bits per heavy atom. The molecule has 0 radical (unpaired) electrons. The highest BCUT2D eigenvalue weighted by atomic mass is 35.5.